The van der Waals surface area contributed by atoms with Crippen LogP contribution in [0.1, 0.15) is 48.5 Å². The van der Waals surface area contributed by atoms with E-state index >= 15 is 0 Å². The molecule has 1 fully saturated rings. The average molecular weight is 512 g/mol. The quantitative estimate of drug-likeness (QED) is 0.339. The van der Waals surface area contributed by atoms with Crippen molar-refractivity contribution in [3.05, 3.63) is 47.0 Å². The van der Waals surface area contributed by atoms with Crippen LogP contribution >= 0.6 is 24.0 Å². The van der Waals surface area contributed by atoms with Gasteiger partial charge in [0.2, 0.25) is 0 Å². The molecule has 0 spiro atoms. The van der Waals surface area contributed by atoms with Crippen molar-refractivity contribution in [1.29, 1.82) is 0 Å². The number of nitrogens with one attached hydrogen (secondary N) is 2. The zero-order valence-electron chi connectivity index (χ0n) is 17.8. The lowest BCUT2D eigenvalue weighted by molar-refractivity contribution is 0.114. The number of hydrogen-bond acceptors (Lipinski definition) is 4. The Morgan fingerprint density at radius 3 is 2.79 bits per heavy atom. The van der Waals surface area contributed by atoms with Gasteiger partial charge < -0.3 is 19.9 Å². The third-order valence-electron chi connectivity index (χ3n) is 5.27. The molecule has 2 unspecified atom stereocenters. The SMILES string of the molecule is Cc1cccc(C(C)CNC(=NCc2nnc(C)n2C)NCC2CCCO2)c1.I. The number of aliphatic imine (C=N–C) groups is 1. The van der Waals surface area contributed by atoms with Gasteiger partial charge >= 0.3 is 0 Å². The number of nitrogens with zero attached hydrogens (tertiary/aromatic N) is 4. The van der Waals surface area contributed by atoms with Gasteiger partial charge in [0.15, 0.2) is 11.8 Å². The van der Waals surface area contributed by atoms with Crippen LogP contribution < -0.4 is 10.6 Å². The van der Waals surface area contributed by atoms with Crippen LogP contribution in [-0.4, -0.2) is 46.5 Å². The molecule has 2 atom stereocenters. The smallest absolute Gasteiger partial charge is 0.191 e. The Hall–Kier alpha value is -1.68. The van der Waals surface area contributed by atoms with Gasteiger partial charge in [-0.05, 0) is 38.2 Å². The number of aromatic nitrogens is 3. The Labute approximate surface area is 190 Å². The van der Waals surface area contributed by atoms with Crippen molar-refractivity contribution in [3.8, 4) is 0 Å². The molecule has 2 aromatic rings. The summed E-state index contributed by atoms with van der Waals surface area (Å²) in [5.74, 6) is 2.91. The maximum Gasteiger partial charge on any atom is 0.191 e. The fraction of sp³-hybridized carbons (Fsp3) is 0.571. The Kier molecular flexibility index (Phi) is 9.35. The van der Waals surface area contributed by atoms with E-state index in [2.05, 4.69) is 58.9 Å². The second kappa shape index (κ2) is 11.5. The fourth-order valence-corrected chi connectivity index (χ4v) is 3.27. The molecule has 2 N–H and O–H groups in total. The van der Waals surface area contributed by atoms with Crippen LogP contribution in [0, 0.1) is 13.8 Å². The first kappa shape index (κ1) is 23.6. The molecule has 7 nitrogen and oxygen atoms in total. The molecule has 0 bridgehead atoms. The Bertz CT molecular complexity index is 800. The van der Waals surface area contributed by atoms with Gasteiger partial charge in [-0.3, -0.25) is 0 Å². The van der Waals surface area contributed by atoms with E-state index in [-0.39, 0.29) is 30.1 Å². The van der Waals surface area contributed by atoms with Crippen molar-refractivity contribution in [2.45, 2.75) is 52.2 Å². The highest BCUT2D eigenvalue weighted by atomic mass is 127. The summed E-state index contributed by atoms with van der Waals surface area (Å²) in [6, 6.07) is 8.66. The third kappa shape index (κ3) is 6.95. The molecule has 2 heterocycles. The van der Waals surface area contributed by atoms with Crippen molar-refractivity contribution in [3.63, 3.8) is 0 Å². The molecule has 3 rings (SSSR count). The normalized spacial score (nSPS) is 17.7. The summed E-state index contributed by atoms with van der Waals surface area (Å²) in [6.45, 7) is 9.21. The van der Waals surface area contributed by atoms with E-state index in [0.717, 1.165) is 50.1 Å². The van der Waals surface area contributed by atoms with Crippen molar-refractivity contribution in [2.24, 2.45) is 12.0 Å². The second-order valence-corrected chi connectivity index (χ2v) is 7.60. The molecule has 8 heteroatoms. The Morgan fingerprint density at radius 1 is 1.31 bits per heavy atom. The first-order valence-electron chi connectivity index (χ1n) is 10.1. The first-order chi connectivity index (χ1) is 13.5. The number of rotatable bonds is 7. The lowest BCUT2D eigenvalue weighted by Gasteiger charge is -2.18. The van der Waals surface area contributed by atoms with E-state index in [1.54, 1.807) is 0 Å². The van der Waals surface area contributed by atoms with E-state index < -0.39 is 0 Å². The van der Waals surface area contributed by atoms with Crippen LogP contribution in [0.25, 0.3) is 0 Å². The van der Waals surface area contributed by atoms with Gasteiger partial charge in [0, 0.05) is 26.7 Å². The lowest BCUT2D eigenvalue weighted by atomic mass is 9.99. The minimum Gasteiger partial charge on any atom is -0.376 e. The van der Waals surface area contributed by atoms with E-state index in [1.807, 2.05) is 18.5 Å². The van der Waals surface area contributed by atoms with Gasteiger partial charge in [-0.2, -0.15) is 0 Å². The fourth-order valence-electron chi connectivity index (χ4n) is 3.27. The van der Waals surface area contributed by atoms with E-state index in [9.17, 15) is 0 Å². The molecule has 160 valence electrons. The zero-order chi connectivity index (χ0) is 19.9. The minimum absolute atomic E-state index is 0. The van der Waals surface area contributed by atoms with Gasteiger partial charge in [-0.15, -0.1) is 34.2 Å². The number of ether oxygens (including phenoxy) is 1. The number of guanidine groups is 1. The highest BCUT2D eigenvalue weighted by Gasteiger charge is 2.16. The first-order valence-corrected chi connectivity index (χ1v) is 10.1. The van der Waals surface area contributed by atoms with Crippen molar-refractivity contribution < 1.29 is 4.74 Å². The largest absolute Gasteiger partial charge is 0.376 e. The topological polar surface area (TPSA) is 76.4 Å². The van der Waals surface area contributed by atoms with Crippen molar-refractivity contribution in [1.82, 2.24) is 25.4 Å². The molecule has 1 saturated heterocycles. The number of halogens is 1. The van der Waals surface area contributed by atoms with E-state index in [0.29, 0.717) is 12.5 Å². The summed E-state index contributed by atoms with van der Waals surface area (Å²) in [5, 5.41) is 15.2. The molecule has 29 heavy (non-hydrogen) atoms. The standard InChI is InChI=1S/C21H32N6O.HI/c1-15-7-5-8-18(11-15)16(2)12-22-21(23-13-19-9-6-10-28-19)24-14-20-26-25-17(3)27(20)4;/h5,7-8,11,16,19H,6,9-10,12-14H2,1-4H3,(H2,22,23,24);1H. The van der Waals surface area contributed by atoms with Gasteiger partial charge in [0.1, 0.15) is 12.4 Å². The zero-order valence-corrected chi connectivity index (χ0v) is 20.1. The minimum atomic E-state index is 0. The number of benzene rings is 1. The molecule has 1 aromatic carbocycles. The highest BCUT2D eigenvalue weighted by molar-refractivity contribution is 14.0. The highest BCUT2D eigenvalue weighted by Crippen LogP contribution is 2.15. The molecule has 1 aromatic heterocycles. The molecule has 0 radical (unpaired) electrons. The molecule has 1 aliphatic heterocycles. The summed E-state index contributed by atoms with van der Waals surface area (Å²) in [6.07, 6.45) is 2.50. The van der Waals surface area contributed by atoms with Crippen LogP contribution in [0.2, 0.25) is 0 Å². The molecular formula is C21H33IN6O. The molecular weight excluding hydrogens is 479 g/mol. The van der Waals surface area contributed by atoms with Gasteiger partial charge in [0.05, 0.1) is 6.10 Å². The second-order valence-electron chi connectivity index (χ2n) is 7.60. The third-order valence-corrected chi connectivity index (χ3v) is 5.27. The van der Waals surface area contributed by atoms with E-state index in [1.165, 1.54) is 11.1 Å². The summed E-state index contributed by atoms with van der Waals surface area (Å²) in [7, 11) is 1.97. The van der Waals surface area contributed by atoms with Gasteiger partial charge in [-0.1, -0.05) is 36.8 Å². The van der Waals surface area contributed by atoms with Crippen LogP contribution in [0.5, 0.6) is 0 Å². The van der Waals surface area contributed by atoms with Crippen LogP contribution in [0.4, 0.5) is 0 Å². The van der Waals surface area contributed by atoms with Crippen molar-refractivity contribution in [2.75, 3.05) is 19.7 Å². The molecule has 0 amide bonds. The lowest BCUT2D eigenvalue weighted by Crippen LogP contribution is -2.42. The maximum atomic E-state index is 5.72. The van der Waals surface area contributed by atoms with Crippen LogP contribution in [-0.2, 0) is 18.3 Å². The average Bonchev–Trinajstić information content (AvgIpc) is 3.32. The van der Waals surface area contributed by atoms with Gasteiger partial charge in [-0.25, -0.2) is 4.99 Å². The van der Waals surface area contributed by atoms with Gasteiger partial charge in [0.25, 0.3) is 0 Å². The Balaban J connectivity index is 0.00000300. The number of hydrogen-bond donors (Lipinski definition) is 2. The molecule has 0 saturated carbocycles. The summed E-state index contributed by atoms with van der Waals surface area (Å²) in [4.78, 5) is 4.73. The van der Waals surface area contributed by atoms with Crippen LogP contribution in [0.3, 0.4) is 0 Å². The van der Waals surface area contributed by atoms with E-state index in [4.69, 9.17) is 9.73 Å². The Morgan fingerprint density at radius 2 is 2.14 bits per heavy atom. The predicted molar refractivity (Wildman–Crippen MR) is 127 cm³/mol. The number of aryl methyl sites for hydroxylation is 2. The summed E-state index contributed by atoms with van der Waals surface area (Å²) >= 11 is 0. The van der Waals surface area contributed by atoms with Crippen LogP contribution in [0.15, 0.2) is 29.3 Å². The summed E-state index contributed by atoms with van der Waals surface area (Å²) < 4.78 is 7.69. The summed E-state index contributed by atoms with van der Waals surface area (Å²) in [5.41, 5.74) is 2.61. The maximum absolute atomic E-state index is 5.72. The molecule has 0 aliphatic carbocycles. The predicted octanol–water partition coefficient (Wildman–Crippen LogP) is 3.07. The monoisotopic (exact) mass is 512 g/mol. The molecule has 1 aliphatic rings. The van der Waals surface area contributed by atoms with Crippen molar-refractivity contribution >= 4 is 29.9 Å².